The zero-order valence-corrected chi connectivity index (χ0v) is 9.49. The predicted molar refractivity (Wildman–Crippen MR) is 58.8 cm³/mol. The highest BCUT2D eigenvalue weighted by Crippen LogP contribution is 2.04. The van der Waals surface area contributed by atoms with E-state index in [-0.39, 0.29) is 0 Å². The van der Waals surface area contributed by atoms with Crippen molar-refractivity contribution in [1.29, 1.82) is 0 Å². The molecule has 0 spiro atoms. The maximum absolute atomic E-state index is 10.7. The van der Waals surface area contributed by atoms with Crippen LogP contribution in [0.4, 0.5) is 0 Å². The Hall–Kier alpha value is -0.610. The van der Waals surface area contributed by atoms with Gasteiger partial charge in [0.15, 0.2) is 0 Å². The van der Waals surface area contributed by atoms with Crippen molar-refractivity contribution in [3.8, 4) is 0 Å². The lowest BCUT2D eigenvalue weighted by Crippen LogP contribution is -2.41. The number of carbonyl (C=O) groups excluding carboxylic acids is 1. The minimum atomic E-state index is -0.506. The second-order valence-corrected chi connectivity index (χ2v) is 3.68. The van der Waals surface area contributed by atoms with Gasteiger partial charge >= 0.3 is 0 Å². The number of hydrogen-bond donors (Lipinski definition) is 2. The van der Waals surface area contributed by atoms with Gasteiger partial charge in [-0.2, -0.15) is 0 Å². The SMILES string of the molecule is CCC(C)N(CC)CCC(N)C(N)=O. The van der Waals surface area contributed by atoms with Crippen LogP contribution in [0.3, 0.4) is 0 Å². The van der Waals surface area contributed by atoms with Crippen LogP contribution in [0, 0.1) is 0 Å². The molecule has 0 radical (unpaired) electrons. The van der Waals surface area contributed by atoms with Crippen molar-refractivity contribution in [2.45, 2.75) is 45.7 Å². The van der Waals surface area contributed by atoms with Gasteiger partial charge in [-0.05, 0) is 26.3 Å². The number of amides is 1. The molecule has 0 aromatic carbocycles. The monoisotopic (exact) mass is 201 g/mol. The summed E-state index contributed by atoms with van der Waals surface area (Å²) in [6.07, 6.45) is 1.76. The van der Waals surface area contributed by atoms with Gasteiger partial charge in [0.1, 0.15) is 0 Å². The van der Waals surface area contributed by atoms with E-state index in [1.54, 1.807) is 0 Å². The van der Waals surface area contributed by atoms with E-state index in [0.29, 0.717) is 12.5 Å². The van der Waals surface area contributed by atoms with Crippen LogP contribution < -0.4 is 11.5 Å². The Morgan fingerprint density at radius 1 is 1.43 bits per heavy atom. The smallest absolute Gasteiger partial charge is 0.234 e. The summed E-state index contributed by atoms with van der Waals surface area (Å²) >= 11 is 0. The van der Waals surface area contributed by atoms with Gasteiger partial charge in [0, 0.05) is 12.6 Å². The zero-order chi connectivity index (χ0) is 11.1. The number of hydrogen-bond acceptors (Lipinski definition) is 3. The van der Waals surface area contributed by atoms with Gasteiger partial charge in [0.25, 0.3) is 0 Å². The molecule has 0 saturated carbocycles. The van der Waals surface area contributed by atoms with Gasteiger partial charge < -0.3 is 16.4 Å². The van der Waals surface area contributed by atoms with Gasteiger partial charge in [-0.3, -0.25) is 4.79 Å². The van der Waals surface area contributed by atoms with Crippen molar-refractivity contribution in [2.24, 2.45) is 11.5 Å². The maximum atomic E-state index is 10.7. The summed E-state index contributed by atoms with van der Waals surface area (Å²) < 4.78 is 0. The Morgan fingerprint density at radius 2 is 2.00 bits per heavy atom. The normalized spacial score (nSPS) is 15.5. The Morgan fingerprint density at radius 3 is 2.36 bits per heavy atom. The lowest BCUT2D eigenvalue weighted by atomic mass is 10.1. The number of nitrogens with zero attached hydrogens (tertiary/aromatic N) is 1. The Balaban J connectivity index is 3.89. The number of rotatable bonds is 7. The van der Waals surface area contributed by atoms with Crippen LogP contribution in [0.1, 0.15) is 33.6 Å². The van der Waals surface area contributed by atoms with E-state index in [9.17, 15) is 4.79 Å². The molecule has 0 fully saturated rings. The molecule has 0 heterocycles. The minimum Gasteiger partial charge on any atom is -0.368 e. The average Bonchev–Trinajstić information content (AvgIpc) is 2.17. The molecule has 84 valence electrons. The van der Waals surface area contributed by atoms with Gasteiger partial charge in [-0.25, -0.2) is 0 Å². The summed E-state index contributed by atoms with van der Waals surface area (Å²) in [6.45, 7) is 8.28. The predicted octanol–water partition coefficient (Wildman–Crippen LogP) is 0.310. The second kappa shape index (κ2) is 6.79. The molecule has 0 rings (SSSR count). The Labute approximate surface area is 86.6 Å². The first-order chi connectivity index (χ1) is 6.52. The molecule has 4 N–H and O–H groups in total. The molecule has 0 saturated heterocycles. The molecule has 14 heavy (non-hydrogen) atoms. The fourth-order valence-electron chi connectivity index (χ4n) is 1.40. The highest BCUT2D eigenvalue weighted by Gasteiger charge is 2.14. The quantitative estimate of drug-likeness (QED) is 0.622. The van der Waals surface area contributed by atoms with Gasteiger partial charge in [-0.1, -0.05) is 13.8 Å². The van der Waals surface area contributed by atoms with Crippen LogP contribution in [-0.2, 0) is 4.79 Å². The molecular formula is C10H23N3O. The molecule has 0 aliphatic heterocycles. The fourth-order valence-corrected chi connectivity index (χ4v) is 1.40. The lowest BCUT2D eigenvalue weighted by molar-refractivity contribution is -0.119. The maximum Gasteiger partial charge on any atom is 0.234 e. The van der Waals surface area contributed by atoms with Crippen LogP contribution in [0.25, 0.3) is 0 Å². The van der Waals surface area contributed by atoms with Crippen LogP contribution >= 0.6 is 0 Å². The highest BCUT2D eigenvalue weighted by atomic mass is 16.1. The van der Waals surface area contributed by atoms with Gasteiger partial charge in [0.2, 0.25) is 5.91 Å². The number of primary amides is 1. The summed E-state index contributed by atoms with van der Waals surface area (Å²) in [4.78, 5) is 13.0. The topological polar surface area (TPSA) is 72.3 Å². The van der Waals surface area contributed by atoms with Crippen molar-refractivity contribution < 1.29 is 4.79 Å². The average molecular weight is 201 g/mol. The zero-order valence-electron chi connectivity index (χ0n) is 9.49. The van der Waals surface area contributed by atoms with Gasteiger partial charge in [0.05, 0.1) is 6.04 Å². The van der Waals surface area contributed by atoms with Crippen molar-refractivity contribution in [2.75, 3.05) is 13.1 Å². The molecular weight excluding hydrogens is 178 g/mol. The molecule has 4 nitrogen and oxygen atoms in total. The van der Waals surface area contributed by atoms with E-state index < -0.39 is 11.9 Å². The highest BCUT2D eigenvalue weighted by molar-refractivity contribution is 5.79. The van der Waals surface area contributed by atoms with Crippen molar-refractivity contribution in [3.05, 3.63) is 0 Å². The molecule has 1 amide bonds. The van der Waals surface area contributed by atoms with Crippen molar-refractivity contribution >= 4 is 5.91 Å². The van der Waals surface area contributed by atoms with E-state index in [0.717, 1.165) is 19.5 Å². The standard InChI is InChI=1S/C10H23N3O/c1-4-8(3)13(5-2)7-6-9(11)10(12)14/h8-9H,4-7,11H2,1-3H3,(H2,12,14). The molecule has 2 atom stereocenters. The van der Waals surface area contributed by atoms with Gasteiger partial charge in [-0.15, -0.1) is 0 Å². The summed E-state index contributed by atoms with van der Waals surface area (Å²) in [6, 6.07) is 0.0354. The molecule has 2 unspecified atom stereocenters. The van der Waals surface area contributed by atoms with E-state index in [4.69, 9.17) is 11.5 Å². The number of carbonyl (C=O) groups is 1. The summed E-state index contributed by atoms with van der Waals surface area (Å²) in [7, 11) is 0. The van der Waals surface area contributed by atoms with Crippen LogP contribution in [0.2, 0.25) is 0 Å². The van der Waals surface area contributed by atoms with E-state index in [1.807, 2.05) is 0 Å². The molecule has 0 aromatic rings. The first kappa shape index (κ1) is 13.4. The van der Waals surface area contributed by atoms with E-state index in [1.165, 1.54) is 0 Å². The van der Waals surface area contributed by atoms with Crippen LogP contribution in [0.15, 0.2) is 0 Å². The third kappa shape index (κ3) is 4.58. The molecule has 4 heteroatoms. The first-order valence-electron chi connectivity index (χ1n) is 5.31. The Bertz CT molecular complexity index is 173. The van der Waals surface area contributed by atoms with E-state index >= 15 is 0 Å². The Kier molecular flexibility index (Phi) is 6.49. The van der Waals surface area contributed by atoms with Crippen LogP contribution in [0.5, 0.6) is 0 Å². The molecule has 0 aromatic heterocycles. The molecule has 0 aliphatic rings. The van der Waals surface area contributed by atoms with Crippen molar-refractivity contribution in [1.82, 2.24) is 4.90 Å². The number of nitrogens with two attached hydrogens (primary N) is 2. The van der Waals surface area contributed by atoms with E-state index in [2.05, 4.69) is 25.7 Å². The third-order valence-electron chi connectivity index (χ3n) is 2.71. The largest absolute Gasteiger partial charge is 0.368 e. The minimum absolute atomic E-state index is 0.412. The summed E-state index contributed by atoms with van der Waals surface area (Å²) in [5, 5.41) is 0. The second-order valence-electron chi connectivity index (χ2n) is 3.68. The lowest BCUT2D eigenvalue weighted by Gasteiger charge is -2.27. The third-order valence-corrected chi connectivity index (χ3v) is 2.71. The molecule has 0 bridgehead atoms. The fraction of sp³-hybridized carbons (Fsp3) is 0.900. The summed E-state index contributed by atoms with van der Waals surface area (Å²) in [5.41, 5.74) is 10.6. The van der Waals surface area contributed by atoms with Crippen molar-refractivity contribution in [3.63, 3.8) is 0 Å². The van der Waals surface area contributed by atoms with Crippen LogP contribution in [-0.4, -0.2) is 36.0 Å². The summed E-state index contributed by atoms with van der Waals surface area (Å²) in [5.74, 6) is -0.412. The molecule has 0 aliphatic carbocycles. The first-order valence-corrected chi connectivity index (χ1v) is 5.31.